The second-order valence-electron chi connectivity index (χ2n) is 4.75. The maximum absolute atomic E-state index is 9.09. The molecule has 0 fully saturated rings. The van der Waals surface area contributed by atoms with Gasteiger partial charge in [-0.25, -0.2) is 0 Å². The van der Waals surface area contributed by atoms with E-state index in [1.54, 1.807) is 0 Å². The number of halogens is 1. The van der Waals surface area contributed by atoms with Crippen LogP contribution in [-0.4, -0.2) is 13.1 Å². The molecule has 0 aromatic heterocycles. The molecule has 1 N–H and O–H groups in total. The highest BCUT2D eigenvalue weighted by Crippen LogP contribution is 2.26. The van der Waals surface area contributed by atoms with Crippen LogP contribution in [0, 0.1) is 11.3 Å². The Balaban J connectivity index is 0.00000162. The van der Waals surface area contributed by atoms with Crippen LogP contribution < -0.4 is 5.32 Å². The van der Waals surface area contributed by atoms with Crippen molar-refractivity contribution in [1.29, 1.82) is 5.26 Å². The summed E-state index contributed by atoms with van der Waals surface area (Å²) in [7, 11) is 0. The molecule has 1 aromatic rings. The molecular formula is C15H19ClN2. The second-order valence-corrected chi connectivity index (χ2v) is 4.75. The topological polar surface area (TPSA) is 35.8 Å². The summed E-state index contributed by atoms with van der Waals surface area (Å²) in [5.41, 5.74) is 4.63. The lowest BCUT2D eigenvalue weighted by atomic mass is 9.91. The van der Waals surface area contributed by atoms with Gasteiger partial charge in [0.15, 0.2) is 0 Å². The molecule has 0 amide bonds. The number of hydrogen-bond donors (Lipinski definition) is 1. The van der Waals surface area contributed by atoms with Gasteiger partial charge in [0.05, 0.1) is 11.6 Å². The van der Waals surface area contributed by atoms with Crippen LogP contribution in [0.3, 0.4) is 0 Å². The second kappa shape index (κ2) is 6.58. The molecule has 1 aliphatic rings. The highest BCUT2D eigenvalue weighted by Gasteiger charge is 2.11. The fourth-order valence-electron chi connectivity index (χ4n) is 2.23. The van der Waals surface area contributed by atoms with Gasteiger partial charge in [-0.15, -0.1) is 12.4 Å². The molecule has 18 heavy (non-hydrogen) atoms. The third-order valence-corrected chi connectivity index (χ3v) is 3.23. The van der Waals surface area contributed by atoms with Gasteiger partial charge in [0, 0.05) is 6.54 Å². The zero-order valence-corrected chi connectivity index (χ0v) is 11.7. The van der Waals surface area contributed by atoms with Crippen molar-refractivity contribution in [1.82, 2.24) is 5.32 Å². The summed E-state index contributed by atoms with van der Waals surface area (Å²) in [6.07, 6.45) is 3.32. The first kappa shape index (κ1) is 14.8. The molecule has 1 heterocycles. The predicted molar refractivity (Wildman–Crippen MR) is 78.0 cm³/mol. The fraction of sp³-hybridized carbons (Fsp3) is 0.400. The Morgan fingerprint density at radius 1 is 1.33 bits per heavy atom. The smallest absolute Gasteiger partial charge is 0.0994 e. The maximum atomic E-state index is 9.09. The molecule has 0 saturated carbocycles. The number of rotatable bonds is 2. The van der Waals surface area contributed by atoms with Crippen molar-refractivity contribution in [3.63, 3.8) is 0 Å². The summed E-state index contributed by atoms with van der Waals surface area (Å²) in [5, 5.41) is 12.4. The number of benzene rings is 1. The van der Waals surface area contributed by atoms with E-state index in [2.05, 4.69) is 43.4 Å². The minimum Gasteiger partial charge on any atom is -0.313 e. The van der Waals surface area contributed by atoms with Crippen LogP contribution in [0.2, 0.25) is 0 Å². The van der Waals surface area contributed by atoms with Gasteiger partial charge in [-0.1, -0.05) is 26.0 Å². The molecule has 0 bridgehead atoms. The molecule has 1 aromatic carbocycles. The highest BCUT2D eigenvalue weighted by atomic mass is 35.5. The summed E-state index contributed by atoms with van der Waals surface area (Å²) in [4.78, 5) is 0. The lowest BCUT2D eigenvalue weighted by molar-refractivity contribution is 0.738. The first-order valence-electron chi connectivity index (χ1n) is 6.16. The Hall–Kier alpha value is -1.30. The molecule has 1 aliphatic heterocycles. The minimum atomic E-state index is 0. The summed E-state index contributed by atoms with van der Waals surface area (Å²) in [6.45, 7) is 6.27. The fourth-order valence-corrected chi connectivity index (χ4v) is 2.23. The van der Waals surface area contributed by atoms with Gasteiger partial charge in [-0.3, -0.25) is 0 Å². The van der Waals surface area contributed by atoms with Crippen LogP contribution in [0.4, 0.5) is 0 Å². The summed E-state index contributed by atoms with van der Waals surface area (Å²) >= 11 is 0. The molecule has 0 saturated heterocycles. The normalized spacial score (nSPS) is 14.7. The van der Waals surface area contributed by atoms with E-state index in [0.29, 0.717) is 5.92 Å². The van der Waals surface area contributed by atoms with Gasteiger partial charge in [0.25, 0.3) is 0 Å². The van der Waals surface area contributed by atoms with Crippen LogP contribution in [-0.2, 0) is 0 Å². The van der Waals surface area contributed by atoms with Gasteiger partial charge >= 0.3 is 0 Å². The lowest BCUT2D eigenvalue weighted by Gasteiger charge is -2.16. The Kier molecular flexibility index (Phi) is 5.40. The van der Waals surface area contributed by atoms with Crippen molar-refractivity contribution in [2.75, 3.05) is 13.1 Å². The first-order valence-corrected chi connectivity index (χ1v) is 6.16. The Morgan fingerprint density at radius 2 is 2.11 bits per heavy atom. The standard InChI is InChI=1S/C15H18N2.ClH/c1-11(2)15-9-13(3-4-14(15)10-16)12-5-7-17-8-6-12;/h3-5,9,11,17H,6-8H2,1-2H3;1H. The molecule has 0 radical (unpaired) electrons. The Bertz CT molecular complexity index is 484. The van der Waals surface area contributed by atoms with E-state index in [0.717, 1.165) is 30.6 Å². The van der Waals surface area contributed by atoms with Crippen molar-refractivity contribution in [3.8, 4) is 6.07 Å². The van der Waals surface area contributed by atoms with E-state index in [9.17, 15) is 0 Å². The van der Waals surface area contributed by atoms with Crippen molar-refractivity contribution in [2.24, 2.45) is 0 Å². The van der Waals surface area contributed by atoms with Crippen molar-refractivity contribution >= 4 is 18.0 Å². The highest BCUT2D eigenvalue weighted by molar-refractivity contribution is 5.85. The molecular weight excluding hydrogens is 244 g/mol. The van der Waals surface area contributed by atoms with E-state index in [1.807, 2.05) is 6.07 Å². The van der Waals surface area contributed by atoms with E-state index < -0.39 is 0 Å². The summed E-state index contributed by atoms with van der Waals surface area (Å²) < 4.78 is 0. The van der Waals surface area contributed by atoms with Gasteiger partial charge < -0.3 is 5.32 Å². The van der Waals surface area contributed by atoms with Crippen LogP contribution >= 0.6 is 12.4 Å². The molecule has 0 atom stereocenters. The monoisotopic (exact) mass is 262 g/mol. The van der Waals surface area contributed by atoms with Gasteiger partial charge in [0.2, 0.25) is 0 Å². The summed E-state index contributed by atoms with van der Waals surface area (Å²) in [5.74, 6) is 0.395. The number of nitrogens with zero attached hydrogens (tertiary/aromatic N) is 1. The molecule has 0 unspecified atom stereocenters. The summed E-state index contributed by atoms with van der Waals surface area (Å²) in [6, 6.07) is 8.48. The molecule has 0 aliphatic carbocycles. The molecule has 96 valence electrons. The zero-order valence-electron chi connectivity index (χ0n) is 10.9. The quantitative estimate of drug-likeness (QED) is 0.886. The largest absolute Gasteiger partial charge is 0.313 e. The van der Waals surface area contributed by atoms with Crippen molar-refractivity contribution in [3.05, 3.63) is 41.0 Å². The van der Waals surface area contributed by atoms with E-state index in [1.165, 1.54) is 11.1 Å². The lowest BCUT2D eigenvalue weighted by Crippen LogP contribution is -2.20. The Labute approximate surface area is 115 Å². The van der Waals surface area contributed by atoms with Crippen LogP contribution in [0.15, 0.2) is 24.3 Å². The van der Waals surface area contributed by atoms with Gasteiger partial charge in [-0.05, 0) is 47.7 Å². The van der Waals surface area contributed by atoms with E-state index in [4.69, 9.17) is 5.26 Å². The third-order valence-electron chi connectivity index (χ3n) is 3.23. The zero-order chi connectivity index (χ0) is 12.3. The van der Waals surface area contributed by atoms with Crippen LogP contribution in [0.5, 0.6) is 0 Å². The maximum Gasteiger partial charge on any atom is 0.0994 e. The third kappa shape index (κ3) is 3.13. The first-order chi connectivity index (χ1) is 8.22. The molecule has 3 heteroatoms. The molecule has 2 rings (SSSR count). The van der Waals surface area contributed by atoms with Gasteiger partial charge in [0.1, 0.15) is 0 Å². The van der Waals surface area contributed by atoms with E-state index >= 15 is 0 Å². The Morgan fingerprint density at radius 3 is 2.67 bits per heavy atom. The number of hydrogen-bond acceptors (Lipinski definition) is 2. The van der Waals surface area contributed by atoms with Crippen molar-refractivity contribution in [2.45, 2.75) is 26.2 Å². The number of nitrogens with one attached hydrogen (secondary N) is 1. The van der Waals surface area contributed by atoms with E-state index in [-0.39, 0.29) is 12.4 Å². The SMILES string of the molecule is CC(C)c1cc(C2=CCNCC2)ccc1C#N.Cl. The average molecular weight is 263 g/mol. The van der Waals surface area contributed by atoms with Gasteiger partial charge in [-0.2, -0.15) is 5.26 Å². The average Bonchev–Trinajstić information content (AvgIpc) is 2.39. The minimum absolute atomic E-state index is 0. The van der Waals surface area contributed by atoms with Crippen molar-refractivity contribution < 1.29 is 0 Å². The predicted octanol–water partition coefficient (Wildman–Crippen LogP) is 3.48. The molecule has 2 nitrogen and oxygen atoms in total. The molecule has 0 spiro atoms. The van der Waals surface area contributed by atoms with Crippen LogP contribution in [0.25, 0.3) is 5.57 Å². The van der Waals surface area contributed by atoms with Crippen LogP contribution in [0.1, 0.15) is 42.9 Å². The number of nitriles is 1.